The van der Waals surface area contributed by atoms with Gasteiger partial charge in [0.05, 0.1) is 11.6 Å². The standard InChI is InChI=1S/C10H9F3N4/c1-7(17-6-14-15-16-17)8-3-2-4-9(5-8)10(11,12)13/h2-7H,1H3. The highest BCUT2D eigenvalue weighted by Crippen LogP contribution is 2.31. The molecule has 90 valence electrons. The van der Waals surface area contributed by atoms with Gasteiger partial charge in [0.25, 0.3) is 0 Å². The van der Waals surface area contributed by atoms with E-state index in [0.29, 0.717) is 5.56 Å². The molecule has 0 aliphatic carbocycles. The second-order valence-electron chi connectivity index (χ2n) is 3.59. The monoisotopic (exact) mass is 242 g/mol. The van der Waals surface area contributed by atoms with Gasteiger partial charge in [-0.3, -0.25) is 0 Å². The molecule has 0 saturated carbocycles. The number of halogens is 3. The van der Waals surface area contributed by atoms with Crippen molar-refractivity contribution in [2.45, 2.75) is 19.1 Å². The van der Waals surface area contributed by atoms with Crippen molar-refractivity contribution >= 4 is 0 Å². The Kier molecular flexibility index (Phi) is 2.83. The number of hydrogen-bond acceptors (Lipinski definition) is 3. The van der Waals surface area contributed by atoms with Gasteiger partial charge in [0.2, 0.25) is 0 Å². The Balaban J connectivity index is 2.34. The van der Waals surface area contributed by atoms with Crippen LogP contribution in [0.15, 0.2) is 30.6 Å². The molecule has 1 unspecified atom stereocenters. The molecule has 4 nitrogen and oxygen atoms in total. The molecule has 1 heterocycles. The smallest absolute Gasteiger partial charge is 0.225 e. The molecule has 2 aromatic rings. The first kappa shape index (κ1) is 11.6. The van der Waals surface area contributed by atoms with E-state index in [9.17, 15) is 13.2 Å². The van der Waals surface area contributed by atoms with Crippen LogP contribution >= 0.6 is 0 Å². The molecule has 0 aliphatic rings. The van der Waals surface area contributed by atoms with Crippen LogP contribution in [0.3, 0.4) is 0 Å². The fraction of sp³-hybridized carbons (Fsp3) is 0.300. The highest BCUT2D eigenvalue weighted by molar-refractivity contribution is 5.27. The molecule has 0 amide bonds. The minimum absolute atomic E-state index is 0.340. The van der Waals surface area contributed by atoms with Crippen molar-refractivity contribution in [1.29, 1.82) is 0 Å². The topological polar surface area (TPSA) is 43.6 Å². The van der Waals surface area contributed by atoms with Gasteiger partial charge in [0.1, 0.15) is 6.33 Å². The van der Waals surface area contributed by atoms with Crippen molar-refractivity contribution in [3.8, 4) is 0 Å². The molecule has 17 heavy (non-hydrogen) atoms. The molecule has 1 aromatic carbocycles. The zero-order valence-corrected chi connectivity index (χ0v) is 8.89. The molecule has 1 aromatic heterocycles. The van der Waals surface area contributed by atoms with Gasteiger partial charge in [-0.05, 0) is 35.0 Å². The number of rotatable bonds is 2. The van der Waals surface area contributed by atoms with Crippen LogP contribution in [0.1, 0.15) is 24.1 Å². The van der Waals surface area contributed by atoms with Gasteiger partial charge >= 0.3 is 6.18 Å². The fourth-order valence-electron chi connectivity index (χ4n) is 1.47. The summed E-state index contributed by atoms with van der Waals surface area (Å²) in [7, 11) is 0. The summed E-state index contributed by atoms with van der Waals surface area (Å²) in [4.78, 5) is 0. The van der Waals surface area contributed by atoms with Crippen LogP contribution < -0.4 is 0 Å². The van der Waals surface area contributed by atoms with E-state index in [2.05, 4.69) is 15.5 Å². The summed E-state index contributed by atoms with van der Waals surface area (Å²) in [5, 5.41) is 10.6. The molecule has 0 aliphatic heterocycles. The second kappa shape index (κ2) is 4.15. The molecule has 0 saturated heterocycles. The van der Waals surface area contributed by atoms with E-state index < -0.39 is 11.7 Å². The quantitative estimate of drug-likeness (QED) is 0.811. The summed E-state index contributed by atoms with van der Waals surface area (Å²) in [6.45, 7) is 1.73. The Hall–Kier alpha value is -1.92. The maximum atomic E-state index is 12.5. The lowest BCUT2D eigenvalue weighted by molar-refractivity contribution is -0.137. The molecule has 2 rings (SSSR count). The van der Waals surface area contributed by atoms with E-state index in [0.717, 1.165) is 12.1 Å². The molecule has 0 fully saturated rings. The average Bonchev–Trinajstić information content (AvgIpc) is 2.80. The van der Waals surface area contributed by atoms with E-state index in [-0.39, 0.29) is 6.04 Å². The first-order chi connectivity index (χ1) is 7.98. The van der Waals surface area contributed by atoms with Crippen molar-refractivity contribution in [2.24, 2.45) is 0 Å². The molecule has 0 N–H and O–H groups in total. The predicted molar refractivity (Wildman–Crippen MR) is 53.1 cm³/mol. The van der Waals surface area contributed by atoms with Gasteiger partial charge in [0, 0.05) is 0 Å². The maximum Gasteiger partial charge on any atom is 0.416 e. The molecule has 0 spiro atoms. The number of nitrogens with zero attached hydrogens (tertiary/aromatic N) is 4. The van der Waals surface area contributed by atoms with E-state index in [1.165, 1.54) is 17.1 Å². The third kappa shape index (κ3) is 2.43. The summed E-state index contributed by atoms with van der Waals surface area (Å²) in [5.74, 6) is 0. The summed E-state index contributed by atoms with van der Waals surface area (Å²) >= 11 is 0. The van der Waals surface area contributed by atoms with E-state index in [1.807, 2.05) is 0 Å². The van der Waals surface area contributed by atoms with Crippen LogP contribution in [-0.2, 0) is 6.18 Å². The number of aromatic nitrogens is 4. The summed E-state index contributed by atoms with van der Waals surface area (Å²) in [5.41, 5.74) is -0.165. The molecular formula is C10H9F3N4. The first-order valence-electron chi connectivity index (χ1n) is 4.88. The van der Waals surface area contributed by atoms with Crippen molar-refractivity contribution < 1.29 is 13.2 Å². The number of benzene rings is 1. The minimum Gasteiger partial charge on any atom is -0.225 e. The van der Waals surface area contributed by atoms with Crippen molar-refractivity contribution in [3.63, 3.8) is 0 Å². The summed E-state index contributed by atoms with van der Waals surface area (Å²) in [6.07, 6.45) is -2.97. The molecule has 7 heteroatoms. The van der Waals surface area contributed by atoms with E-state index in [4.69, 9.17) is 0 Å². The van der Waals surface area contributed by atoms with Gasteiger partial charge in [-0.15, -0.1) is 5.10 Å². The summed E-state index contributed by atoms with van der Waals surface area (Å²) in [6, 6.07) is 4.79. The maximum absolute atomic E-state index is 12.5. The van der Waals surface area contributed by atoms with Gasteiger partial charge in [-0.2, -0.15) is 13.2 Å². The minimum atomic E-state index is -4.34. The Bertz CT molecular complexity index is 493. The Labute approximate surface area is 95.1 Å². The molecular weight excluding hydrogens is 233 g/mol. The van der Waals surface area contributed by atoms with E-state index in [1.54, 1.807) is 13.0 Å². The second-order valence-corrected chi connectivity index (χ2v) is 3.59. The van der Waals surface area contributed by atoms with Crippen LogP contribution in [0.4, 0.5) is 13.2 Å². The zero-order chi connectivity index (χ0) is 12.5. The zero-order valence-electron chi connectivity index (χ0n) is 8.89. The summed E-state index contributed by atoms with van der Waals surface area (Å²) < 4.78 is 39.0. The van der Waals surface area contributed by atoms with Crippen molar-refractivity contribution in [3.05, 3.63) is 41.7 Å². The number of alkyl halides is 3. The van der Waals surface area contributed by atoms with Gasteiger partial charge < -0.3 is 0 Å². The largest absolute Gasteiger partial charge is 0.416 e. The normalized spacial score (nSPS) is 13.6. The highest BCUT2D eigenvalue weighted by atomic mass is 19.4. The van der Waals surface area contributed by atoms with Gasteiger partial charge in [0.15, 0.2) is 0 Å². The van der Waals surface area contributed by atoms with Crippen LogP contribution in [0.5, 0.6) is 0 Å². The molecule has 1 atom stereocenters. The van der Waals surface area contributed by atoms with Crippen LogP contribution in [0, 0.1) is 0 Å². The fourth-order valence-corrected chi connectivity index (χ4v) is 1.47. The Morgan fingerprint density at radius 1 is 1.29 bits per heavy atom. The van der Waals surface area contributed by atoms with Crippen molar-refractivity contribution in [1.82, 2.24) is 20.2 Å². The van der Waals surface area contributed by atoms with Gasteiger partial charge in [-0.1, -0.05) is 12.1 Å². The highest BCUT2D eigenvalue weighted by Gasteiger charge is 2.30. The predicted octanol–water partition coefficient (Wildman–Crippen LogP) is 2.30. The molecule has 0 bridgehead atoms. The van der Waals surface area contributed by atoms with Crippen LogP contribution in [0.2, 0.25) is 0 Å². The van der Waals surface area contributed by atoms with Crippen molar-refractivity contribution in [2.75, 3.05) is 0 Å². The third-order valence-corrected chi connectivity index (χ3v) is 2.46. The number of hydrogen-bond donors (Lipinski definition) is 0. The lowest BCUT2D eigenvalue weighted by Gasteiger charge is -2.13. The first-order valence-corrected chi connectivity index (χ1v) is 4.88. The molecule has 0 radical (unpaired) electrons. The lowest BCUT2D eigenvalue weighted by Crippen LogP contribution is -2.10. The van der Waals surface area contributed by atoms with E-state index >= 15 is 0 Å². The third-order valence-electron chi connectivity index (χ3n) is 2.46. The van der Waals surface area contributed by atoms with Crippen LogP contribution in [0.25, 0.3) is 0 Å². The average molecular weight is 242 g/mol. The Morgan fingerprint density at radius 3 is 2.65 bits per heavy atom. The lowest BCUT2D eigenvalue weighted by atomic mass is 10.1. The van der Waals surface area contributed by atoms with Gasteiger partial charge in [-0.25, -0.2) is 4.68 Å². The SMILES string of the molecule is CC(c1cccc(C(F)(F)F)c1)n1cnnn1. The number of tetrazole rings is 1. The van der Waals surface area contributed by atoms with Crippen LogP contribution in [-0.4, -0.2) is 20.2 Å². The Morgan fingerprint density at radius 2 is 2.06 bits per heavy atom.